The third-order valence-corrected chi connectivity index (χ3v) is 10.7. The van der Waals surface area contributed by atoms with E-state index in [0.717, 1.165) is 43.6 Å². The van der Waals surface area contributed by atoms with Crippen molar-refractivity contribution in [1.29, 1.82) is 0 Å². The minimum Gasteiger partial charge on any atom is -0.208 e. The SMILES string of the molecule is CC1(C)c2ccccc2-c2ccc(-c3ccc4ccc(-c5nc(-c6cccc7ccccc67)nc(-c6cccc7ccccc67)n5)cc4c3)cc21. The highest BCUT2D eigenvalue weighted by atomic mass is 15.0. The van der Waals surface area contributed by atoms with E-state index in [1.807, 2.05) is 0 Å². The van der Waals surface area contributed by atoms with Crippen LogP contribution in [0.4, 0.5) is 0 Å². The van der Waals surface area contributed by atoms with Gasteiger partial charge in [0.25, 0.3) is 0 Å². The fraction of sp³-hybridized carbons (Fsp3) is 0.0625. The molecule has 1 aliphatic rings. The van der Waals surface area contributed by atoms with Crippen molar-refractivity contribution in [2.24, 2.45) is 0 Å². The normalized spacial score (nSPS) is 13.1. The van der Waals surface area contributed by atoms with Crippen LogP contribution in [0.1, 0.15) is 25.0 Å². The Balaban J connectivity index is 1.13. The van der Waals surface area contributed by atoms with E-state index in [4.69, 9.17) is 15.0 Å². The molecule has 3 nitrogen and oxygen atoms in total. The van der Waals surface area contributed by atoms with Crippen molar-refractivity contribution >= 4 is 32.3 Å². The number of hydrogen-bond acceptors (Lipinski definition) is 3. The fourth-order valence-electron chi connectivity index (χ4n) is 8.04. The zero-order chi connectivity index (χ0) is 34.1. The van der Waals surface area contributed by atoms with E-state index in [0.29, 0.717) is 17.5 Å². The van der Waals surface area contributed by atoms with Crippen LogP contribution in [0, 0.1) is 0 Å². The lowest BCUT2D eigenvalue weighted by atomic mass is 9.81. The van der Waals surface area contributed by atoms with Gasteiger partial charge >= 0.3 is 0 Å². The van der Waals surface area contributed by atoms with Gasteiger partial charge in [-0.25, -0.2) is 15.0 Å². The summed E-state index contributed by atoms with van der Waals surface area (Å²) in [6.07, 6.45) is 0. The lowest BCUT2D eigenvalue weighted by molar-refractivity contribution is 0.660. The minimum atomic E-state index is -0.0474. The summed E-state index contributed by atoms with van der Waals surface area (Å²) in [5, 5.41) is 6.86. The molecule has 8 aromatic carbocycles. The average molecular weight is 652 g/mol. The van der Waals surface area contributed by atoms with Gasteiger partial charge in [0.05, 0.1) is 0 Å². The van der Waals surface area contributed by atoms with Crippen molar-refractivity contribution in [2.45, 2.75) is 19.3 Å². The summed E-state index contributed by atoms with van der Waals surface area (Å²) in [5.74, 6) is 1.98. The van der Waals surface area contributed by atoms with Crippen molar-refractivity contribution in [3.05, 3.63) is 175 Å². The van der Waals surface area contributed by atoms with Crippen LogP contribution in [0.2, 0.25) is 0 Å². The molecule has 1 heterocycles. The standard InChI is InChI=1S/C48H33N3/c1-48(2)43-20-8-7-17-39(43)40-26-25-34(29-44(40)48)33-23-21-30-22-24-35(28-36(30)27-33)45-49-46(41-18-9-13-31-11-3-5-15-37(31)41)51-47(50-45)42-19-10-14-32-12-4-6-16-38(32)42/h3-29H,1-2H3. The Morgan fingerprint density at radius 1 is 0.333 bits per heavy atom. The number of rotatable bonds is 4. The maximum Gasteiger partial charge on any atom is 0.164 e. The second-order valence-electron chi connectivity index (χ2n) is 14.1. The Labute approximate surface area is 297 Å². The zero-order valence-corrected chi connectivity index (χ0v) is 28.4. The van der Waals surface area contributed by atoms with E-state index in [2.05, 4.69) is 178 Å². The highest BCUT2D eigenvalue weighted by molar-refractivity contribution is 5.98. The minimum absolute atomic E-state index is 0.0474. The van der Waals surface area contributed by atoms with Gasteiger partial charge < -0.3 is 0 Å². The van der Waals surface area contributed by atoms with Crippen LogP contribution in [0.5, 0.6) is 0 Å². The number of benzene rings is 8. The topological polar surface area (TPSA) is 38.7 Å². The predicted octanol–water partition coefficient (Wildman–Crippen LogP) is 12.3. The van der Waals surface area contributed by atoms with Gasteiger partial charge in [-0.2, -0.15) is 0 Å². The molecule has 0 amide bonds. The molecule has 0 spiro atoms. The molecule has 1 aromatic heterocycles. The third kappa shape index (κ3) is 4.77. The van der Waals surface area contributed by atoms with Gasteiger partial charge in [-0.1, -0.05) is 159 Å². The van der Waals surface area contributed by atoms with Crippen LogP contribution in [-0.2, 0) is 5.41 Å². The largest absolute Gasteiger partial charge is 0.208 e. The van der Waals surface area contributed by atoms with Crippen molar-refractivity contribution in [2.75, 3.05) is 0 Å². The van der Waals surface area contributed by atoms with Gasteiger partial charge in [0.2, 0.25) is 0 Å². The molecule has 0 N–H and O–H groups in total. The third-order valence-electron chi connectivity index (χ3n) is 10.7. The Bertz CT molecular complexity index is 2740. The quantitative estimate of drug-likeness (QED) is 0.190. The lowest BCUT2D eigenvalue weighted by Crippen LogP contribution is -2.14. The first-order valence-electron chi connectivity index (χ1n) is 17.5. The molecule has 3 heteroatoms. The van der Waals surface area contributed by atoms with Crippen LogP contribution < -0.4 is 0 Å². The highest BCUT2D eigenvalue weighted by Crippen LogP contribution is 2.49. The Morgan fingerprint density at radius 3 is 1.53 bits per heavy atom. The van der Waals surface area contributed by atoms with Gasteiger partial charge in [-0.15, -0.1) is 0 Å². The molecule has 0 saturated carbocycles. The van der Waals surface area contributed by atoms with E-state index >= 15 is 0 Å². The van der Waals surface area contributed by atoms with Gasteiger partial charge in [-0.3, -0.25) is 0 Å². The van der Waals surface area contributed by atoms with E-state index in [9.17, 15) is 0 Å². The van der Waals surface area contributed by atoms with Crippen molar-refractivity contribution in [3.8, 4) is 56.4 Å². The van der Waals surface area contributed by atoms with Gasteiger partial charge in [0.1, 0.15) is 0 Å². The smallest absolute Gasteiger partial charge is 0.164 e. The maximum atomic E-state index is 5.17. The molecule has 0 radical (unpaired) electrons. The van der Waals surface area contributed by atoms with Crippen LogP contribution in [-0.4, -0.2) is 15.0 Å². The van der Waals surface area contributed by atoms with Gasteiger partial charge in [0, 0.05) is 22.1 Å². The van der Waals surface area contributed by atoms with Gasteiger partial charge in [-0.05, 0) is 83.9 Å². The maximum absolute atomic E-state index is 5.17. The second kappa shape index (κ2) is 11.3. The summed E-state index contributed by atoms with van der Waals surface area (Å²) in [6.45, 7) is 4.67. The van der Waals surface area contributed by atoms with Crippen molar-refractivity contribution in [3.63, 3.8) is 0 Å². The van der Waals surface area contributed by atoms with Crippen LogP contribution >= 0.6 is 0 Å². The molecule has 9 aromatic rings. The van der Waals surface area contributed by atoms with E-state index in [-0.39, 0.29) is 5.41 Å². The first kappa shape index (κ1) is 29.5. The van der Waals surface area contributed by atoms with Gasteiger partial charge in [0.15, 0.2) is 17.5 Å². The first-order valence-corrected chi connectivity index (χ1v) is 17.5. The molecular weight excluding hydrogens is 619 g/mol. The van der Waals surface area contributed by atoms with E-state index < -0.39 is 0 Å². The molecular formula is C48H33N3. The fourth-order valence-corrected chi connectivity index (χ4v) is 8.04. The number of aromatic nitrogens is 3. The number of hydrogen-bond donors (Lipinski definition) is 0. The molecule has 0 atom stereocenters. The average Bonchev–Trinajstić information content (AvgIpc) is 3.42. The Hall–Kier alpha value is -6.45. The molecule has 51 heavy (non-hydrogen) atoms. The summed E-state index contributed by atoms with van der Waals surface area (Å²) >= 11 is 0. The predicted molar refractivity (Wildman–Crippen MR) is 212 cm³/mol. The molecule has 240 valence electrons. The van der Waals surface area contributed by atoms with Crippen LogP contribution in [0.3, 0.4) is 0 Å². The molecule has 0 bridgehead atoms. The molecule has 0 saturated heterocycles. The zero-order valence-electron chi connectivity index (χ0n) is 28.4. The van der Waals surface area contributed by atoms with E-state index in [1.54, 1.807) is 0 Å². The summed E-state index contributed by atoms with van der Waals surface area (Å²) in [7, 11) is 0. The lowest BCUT2D eigenvalue weighted by Gasteiger charge is -2.22. The van der Waals surface area contributed by atoms with Crippen LogP contribution in [0.25, 0.3) is 88.7 Å². The van der Waals surface area contributed by atoms with Crippen molar-refractivity contribution < 1.29 is 0 Å². The molecule has 0 unspecified atom stereocenters. The Morgan fingerprint density at radius 2 is 0.824 bits per heavy atom. The summed E-state index contributed by atoms with van der Waals surface area (Å²) < 4.78 is 0. The summed E-state index contributed by atoms with van der Waals surface area (Å²) in [4.78, 5) is 15.5. The van der Waals surface area contributed by atoms with Crippen molar-refractivity contribution in [1.82, 2.24) is 15.0 Å². The number of nitrogens with zero attached hydrogens (tertiary/aromatic N) is 3. The monoisotopic (exact) mass is 651 g/mol. The molecule has 0 aliphatic heterocycles. The number of fused-ring (bicyclic) bond motifs is 6. The van der Waals surface area contributed by atoms with E-state index in [1.165, 1.54) is 38.8 Å². The molecule has 1 aliphatic carbocycles. The highest BCUT2D eigenvalue weighted by Gasteiger charge is 2.35. The van der Waals surface area contributed by atoms with Crippen LogP contribution in [0.15, 0.2) is 164 Å². The first-order chi connectivity index (χ1) is 25.0. The Kier molecular flexibility index (Phi) is 6.53. The summed E-state index contributed by atoms with van der Waals surface area (Å²) in [5.41, 5.74) is 10.7. The molecule has 10 rings (SSSR count). The second-order valence-corrected chi connectivity index (χ2v) is 14.1. The molecule has 0 fully saturated rings. The summed E-state index contributed by atoms with van der Waals surface area (Å²) in [6, 6.07) is 58.5.